The predicted octanol–water partition coefficient (Wildman–Crippen LogP) is 4.24. The number of allylic oxidation sites excluding steroid dienone is 4. The average molecular weight is 559 g/mol. The molecule has 1 aliphatic carbocycles. The third-order valence-electron chi connectivity index (χ3n) is 9.55. The highest BCUT2D eigenvalue weighted by Gasteiger charge is 2.62. The van der Waals surface area contributed by atoms with E-state index in [1.807, 2.05) is 6.08 Å². The molecule has 3 fully saturated rings. The highest BCUT2D eigenvalue weighted by Crippen LogP contribution is 2.48. The Hall–Kier alpha value is -1.81. The molecule has 3 N–H and O–H groups in total. The number of aliphatic hydroxyl groups excluding tert-OH is 2. The molecule has 1 spiro atoms. The Morgan fingerprint density at radius 1 is 1.12 bits per heavy atom. The van der Waals surface area contributed by atoms with E-state index in [9.17, 15) is 20.1 Å². The van der Waals surface area contributed by atoms with Crippen LogP contribution < -0.4 is 0 Å². The molecule has 0 aromatic rings. The molecule has 0 saturated carbocycles. The maximum Gasteiger partial charge on any atom is 0.316 e. The van der Waals surface area contributed by atoms with Gasteiger partial charge in [0.25, 0.3) is 0 Å². The Labute approximate surface area is 237 Å². The minimum atomic E-state index is -1.96. The summed E-state index contributed by atoms with van der Waals surface area (Å²) in [5, 5.41) is 33.7. The zero-order chi connectivity index (χ0) is 28.8. The van der Waals surface area contributed by atoms with Gasteiger partial charge in [0.15, 0.2) is 12.1 Å². The van der Waals surface area contributed by atoms with Gasteiger partial charge in [0, 0.05) is 24.8 Å². The largest absolute Gasteiger partial charge is 0.462 e. The Kier molecular flexibility index (Phi) is 8.50. The van der Waals surface area contributed by atoms with Crippen LogP contribution in [0.15, 0.2) is 47.1 Å². The molecule has 2 bridgehead atoms. The van der Waals surface area contributed by atoms with Crippen molar-refractivity contribution in [3.8, 4) is 0 Å². The predicted molar refractivity (Wildman–Crippen MR) is 149 cm³/mol. The monoisotopic (exact) mass is 558 g/mol. The van der Waals surface area contributed by atoms with Gasteiger partial charge in [-0.1, -0.05) is 56.7 Å². The van der Waals surface area contributed by atoms with Gasteiger partial charge in [0.05, 0.1) is 12.2 Å². The van der Waals surface area contributed by atoms with Crippen molar-refractivity contribution in [2.24, 2.45) is 17.8 Å². The number of esters is 1. The molecule has 1 unspecified atom stereocenters. The lowest BCUT2D eigenvalue weighted by molar-refractivity contribution is -0.335. The normalized spacial score (nSPS) is 48.4. The number of carbonyl (C=O) groups is 1. The van der Waals surface area contributed by atoms with Gasteiger partial charge < -0.3 is 34.3 Å². The van der Waals surface area contributed by atoms with Crippen LogP contribution in [0.3, 0.4) is 0 Å². The van der Waals surface area contributed by atoms with Crippen LogP contribution in [0.5, 0.6) is 0 Å². The molecule has 11 atom stereocenters. The van der Waals surface area contributed by atoms with Crippen LogP contribution >= 0.6 is 0 Å². The maximum atomic E-state index is 13.9. The first-order valence-electron chi connectivity index (χ1n) is 15.0. The Balaban J connectivity index is 1.53. The summed E-state index contributed by atoms with van der Waals surface area (Å²) >= 11 is 0. The minimum Gasteiger partial charge on any atom is -0.462 e. The van der Waals surface area contributed by atoms with Crippen molar-refractivity contribution < 1.29 is 39.1 Å². The van der Waals surface area contributed by atoms with Crippen molar-refractivity contribution in [1.82, 2.24) is 0 Å². The van der Waals surface area contributed by atoms with Gasteiger partial charge in [0.2, 0.25) is 0 Å². The first-order valence-corrected chi connectivity index (χ1v) is 15.0. The number of rotatable bonds is 1. The number of fused-ring (bicyclic) bond motifs is 2. The van der Waals surface area contributed by atoms with Gasteiger partial charge in [-0.25, -0.2) is 0 Å². The van der Waals surface area contributed by atoms with Gasteiger partial charge in [-0.05, 0) is 56.9 Å². The highest BCUT2D eigenvalue weighted by atomic mass is 16.7. The van der Waals surface area contributed by atoms with Crippen LogP contribution in [0.25, 0.3) is 0 Å². The Bertz CT molecular complexity index is 1090. The SMILES string of the molecule is CC[C@H]1O[C@]2(CC[C@@H]1C)C[C@@H]1C[C@@H](C/C=C(/C)C[C@@H](C)/C=C\C=C3C(O)O[C@@H]4[C@H](O)C(C)=C[C@@H](C(=O)O1)[C@]34O)O2. The second kappa shape index (κ2) is 11.5. The zero-order valence-corrected chi connectivity index (χ0v) is 24.4. The lowest BCUT2D eigenvalue weighted by atomic mass is 9.70. The topological polar surface area (TPSA) is 115 Å². The number of hydrogen-bond acceptors (Lipinski definition) is 8. The average Bonchev–Trinajstić information content (AvgIpc) is 3.16. The van der Waals surface area contributed by atoms with Crippen LogP contribution in [0, 0.1) is 17.8 Å². The third kappa shape index (κ3) is 5.51. The van der Waals surface area contributed by atoms with Crippen molar-refractivity contribution in [3.63, 3.8) is 0 Å². The van der Waals surface area contributed by atoms with E-state index >= 15 is 0 Å². The molecule has 222 valence electrons. The molecule has 5 rings (SSSR count). The lowest BCUT2D eigenvalue weighted by Gasteiger charge is -2.49. The summed E-state index contributed by atoms with van der Waals surface area (Å²) in [5.74, 6) is -1.97. The van der Waals surface area contributed by atoms with Crippen molar-refractivity contribution in [2.45, 2.75) is 128 Å². The quantitative estimate of drug-likeness (QED) is 0.323. The molecule has 4 aliphatic heterocycles. The van der Waals surface area contributed by atoms with Crippen molar-refractivity contribution in [3.05, 3.63) is 47.1 Å². The van der Waals surface area contributed by atoms with Crippen LogP contribution in [-0.4, -0.2) is 69.5 Å². The summed E-state index contributed by atoms with van der Waals surface area (Å²) in [7, 11) is 0. The van der Waals surface area contributed by atoms with E-state index in [0.29, 0.717) is 30.8 Å². The molecule has 5 aliphatic rings. The fourth-order valence-electron chi connectivity index (χ4n) is 7.28. The van der Waals surface area contributed by atoms with E-state index in [2.05, 4.69) is 33.8 Å². The molecule has 0 radical (unpaired) electrons. The summed E-state index contributed by atoms with van der Waals surface area (Å²) in [6.45, 7) is 10.2. The van der Waals surface area contributed by atoms with Gasteiger partial charge in [0.1, 0.15) is 29.8 Å². The molecular weight excluding hydrogens is 512 g/mol. The zero-order valence-electron chi connectivity index (χ0n) is 24.4. The molecule has 0 amide bonds. The minimum absolute atomic E-state index is 0.0725. The smallest absolute Gasteiger partial charge is 0.316 e. The van der Waals surface area contributed by atoms with Crippen LogP contribution in [0.1, 0.15) is 79.6 Å². The van der Waals surface area contributed by atoms with E-state index in [1.54, 1.807) is 25.2 Å². The standard InChI is InChI=1S/C32H46O8/c1-6-26-20(4)12-13-31(40-26)17-23-16-22(39-31)11-10-19(3)14-18(2)8-7-9-24-29(34)38-28-27(33)21(5)15-25(30(35)37-23)32(24,28)36/h7-10,15,18,20,22-23,25-29,33-34,36H,6,11-14,16-17H2,1-5H3/b8-7-,19-10-,24-9?/t18-,20-,22+,23-,25-,26+,27+,28+,29?,31+,32+/m0/s1. The molecule has 3 saturated heterocycles. The third-order valence-corrected chi connectivity index (χ3v) is 9.55. The van der Waals surface area contributed by atoms with E-state index < -0.39 is 47.9 Å². The Morgan fingerprint density at radius 2 is 1.90 bits per heavy atom. The summed E-state index contributed by atoms with van der Waals surface area (Å²) in [6, 6.07) is 0. The van der Waals surface area contributed by atoms with E-state index in [1.165, 1.54) is 5.57 Å². The fraction of sp³-hybridized carbons (Fsp3) is 0.719. The first kappa shape index (κ1) is 29.7. The molecular formula is C32H46O8. The first-order chi connectivity index (χ1) is 19.0. The van der Waals surface area contributed by atoms with E-state index in [-0.39, 0.29) is 23.7 Å². The van der Waals surface area contributed by atoms with Crippen LogP contribution in [-0.2, 0) is 23.7 Å². The number of aliphatic hydroxyl groups is 3. The second-order valence-corrected chi connectivity index (χ2v) is 12.8. The van der Waals surface area contributed by atoms with Gasteiger partial charge in [-0.3, -0.25) is 4.79 Å². The summed E-state index contributed by atoms with van der Waals surface area (Å²) in [4.78, 5) is 13.9. The Morgan fingerprint density at radius 3 is 2.65 bits per heavy atom. The molecule has 4 heterocycles. The second-order valence-electron chi connectivity index (χ2n) is 12.8. The summed E-state index contributed by atoms with van der Waals surface area (Å²) < 4.78 is 25.1. The van der Waals surface area contributed by atoms with Gasteiger partial charge >= 0.3 is 5.97 Å². The molecule has 0 aromatic heterocycles. The molecule has 40 heavy (non-hydrogen) atoms. The summed E-state index contributed by atoms with van der Waals surface area (Å²) in [6.07, 6.45) is 9.79. The molecule has 0 aromatic carbocycles. The fourth-order valence-corrected chi connectivity index (χ4v) is 7.28. The van der Waals surface area contributed by atoms with E-state index in [0.717, 1.165) is 25.7 Å². The number of hydrogen-bond donors (Lipinski definition) is 3. The molecule has 8 heteroatoms. The molecule has 8 nitrogen and oxygen atoms in total. The van der Waals surface area contributed by atoms with Crippen molar-refractivity contribution in [2.75, 3.05) is 0 Å². The number of ether oxygens (including phenoxy) is 4. The highest BCUT2D eigenvalue weighted by molar-refractivity contribution is 5.78. The van der Waals surface area contributed by atoms with Crippen LogP contribution in [0.4, 0.5) is 0 Å². The van der Waals surface area contributed by atoms with Gasteiger partial charge in [-0.15, -0.1) is 0 Å². The van der Waals surface area contributed by atoms with Gasteiger partial charge in [-0.2, -0.15) is 0 Å². The van der Waals surface area contributed by atoms with Crippen LogP contribution in [0.2, 0.25) is 0 Å². The maximum absolute atomic E-state index is 13.9. The lowest BCUT2D eigenvalue weighted by Crippen LogP contribution is -2.58. The summed E-state index contributed by atoms with van der Waals surface area (Å²) in [5.41, 5.74) is -0.0950. The number of carbonyl (C=O) groups excluding carboxylic acids is 1. The van der Waals surface area contributed by atoms with E-state index in [4.69, 9.17) is 18.9 Å². The van der Waals surface area contributed by atoms with Crippen molar-refractivity contribution in [1.29, 1.82) is 0 Å². The van der Waals surface area contributed by atoms with Crippen molar-refractivity contribution >= 4 is 5.97 Å².